The smallest absolute Gasteiger partial charge is 0.368 e. The van der Waals surface area contributed by atoms with E-state index in [-0.39, 0.29) is 5.56 Å². The first-order valence-corrected chi connectivity index (χ1v) is 4.99. The first-order valence-electron chi connectivity index (χ1n) is 4.99. The first kappa shape index (κ1) is 13.5. The van der Waals surface area contributed by atoms with Crippen molar-refractivity contribution in [2.75, 3.05) is 0 Å². The Morgan fingerprint density at radius 2 is 1.82 bits per heavy atom. The SMILES string of the molecule is C[C@@H](N[C@@H](c1ccccc1)C(F)(F)F)C(N)=O. The minimum atomic E-state index is -4.48. The van der Waals surface area contributed by atoms with Gasteiger partial charge in [0.15, 0.2) is 0 Å². The molecular weight excluding hydrogens is 233 g/mol. The highest BCUT2D eigenvalue weighted by Crippen LogP contribution is 2.32. The minimum absolute atomic E-state index is 0.0492. The lowest BCUT2D eigenvalue weighted by atomic mass is 10.1. The highest BCUT2D eigenvalue weighted by atomic mass is 19.4. The van der Waals surface area contributed by atoms with Gasteiger partial charge in [-0.3, -0.25) is 10.1 Å². The van der Waals surface area contributed by atoms with Gasteiger partial charge in [-0.05, 0) is 12.5 Å². The van der Waals surface area contributed by atoms with Crippen molar-refractivity contribution in [3.63, 3.8) is 0 Å². The van der Waals surface area contributed by atoms with Crippen LogP contribution in [0.1, 0.15) is 18.5 Å². The molecule has 0 saturated heterocycles. The Morgan fingerprint density at radius 3 is 2.24 bits per heavy atom. The third kappa shape index (κ3) is 3.74. The predicted octanol–water partition coefficient (Wildman–Crippen LogP) is 1.75. The fourth-order valence-electron chi connectivity index (χ4n) is 1.36. The zero-order valence-corrected chi connectivity index (χ0v) is 9.16. The van der Waals surface area contributed by atoms with E-state index in [2.05, 4.69) is 5.32 Å². The molecule has 3 N–H and O–H groups in total. The summed E-state index contributed by atoms with van der Waals surface area (Å²) in [4.78, 5) is 10.8. The number of benzene rings is 1. The normalized spacial score (nSPS) is 15.3. The lowest BCUT2D eigenvalue weighted by Gasteiger charge is -2.24. The number of alkyl halides is 3. The van der Waals surface area contributed by atoms with Crippen molar-refractivity contribution >= 4 is 5.91 Å². The molecule has 6 heteroatoms. The molecule has 1 rings (SSSR count). The summed E-state index contributed by atoms with van der Waals surface area (Å²) in [6.07, 6.45) is -4.48. The van der Waals surface area contributed by atoms with Crippen molar-refractivity contribution in [3.05, 3.63) is 35.9 Å². The molecular formula is C11H13F3N2O. The quantitative estimate of drug-likeness (QED) is 0.850. The van der Waals surface area contributed by atoms with E-state index >= 15 is 0 Å². The van der Waals surface area contributed by atoms with E-state index in [1.165, 1.54) is 31.2 Å². The van der Waals surface area contributed by atoms with Crippen molar-refractivity contribution in [3.8, 4) is 0 Å². The van der Waals surface area contributed by atoms with Gasteiger partial charge in [-0.2, -0.15) is 13.2 Å². The number of halogens is 3. The van der Waals surface area contributed by atoms with Crippen LogP contribution in [0.15, 0.2) is 30.3 Å². The molecule has 0 aliphatic carbocycles. The van der Waals surface area contributed by atoms with Crippen molar-refractivity contribution in [1.29, 1.82) is 0 Å². The van der Waals surface area contributed by atoms with E-state index in [0.717, 1.165) is 0 Å². The van der Waals surface area contributed by atoms with E-state index in [9.17, 15) is 18.0 Å². The number of carbonyl (C=O) groups is 1. The fourth-order valence-corrected chi connectivity index (χ4v) is 1.36. The van der Waals surface area contributed by atoms with Crippen molar-refractivity contribution in [2.45, 2.75) is 25.2 Å². The van der Waals surface area contributed by atoms with Crippen LogP contribution in [0.25, 0.3) is 0 Å². The van der Waals surface area contributed by atoms with Gasteiger partial charge in [0.05, 0.1) is 6.04 Å². The van der Waals surface area contributed by atoms with Crippen LogP contribution >= 0.6 is 0 Å². The van der Waals surface area contributed by atoms with Crippen molar-refractivity contribution in [1.82, 2.24) is 5.32 Å². The molecule has 0 bridgehead atoms. The highest BCUT2D eigenvalue weighted by Gasteiger charge is 2.41. The molecule has 0 spiro atoms. The predicted molar refractivity (Wildman–Crippen MR) is 57.0 cm³/mol. The van der Waals surface area contributed by atoms with Crippen LogP contribution in [0.5, 0.6) is 0 Å². The van der Waals surface area contributed by atoms with Crippen molar-refractivity contribution < 1.29 is 18.0 Å². The Labute approximate surface area is 96.8 Å². The van der Waals surface area contributed by atoms with Crippen LogP contribution in [0.2, 0.25) is 0 Å². The second-order valence-corrected chi connectivity index (χ2v) is 3.68. The van der Waals surface area contributed by atoms with Crippen molar-refractivity contribution in [2.24, 2.45) is 5.73 Å². The van der Waals surface area contributed by atoms with Gasteiger partial charge in [-0.1, -0.05) is 30.3 Å². The summed E-state index contributed by atoms with van der Waals surface area (Å²) in [5.41, 5.74) is 4.99. The number of carbonyl (C=O) groups excluding carboxylic acids is 1. The Balaban J connectivity index is 2.94. The maximum Gasteiger partial charge on any atom is 0.407 e. The molecule has 2 atom stereocenters. The maximum atomic E-state index is 12.8. The van der Waals surface area contributed by atoms with Gasteiger partial charge in [0.25, 0.3) is 0 Å². The van der Waals surface area contributed by atoms with E-state index in [0.29, 0.717) is 0 Å². The van der Waals surface area contributed by atoms with Gasteiger partial charge in [0.2, 0.25) is 5.91 Å². The van der Waals surface area contributed by atoms with E-state index in [1.807, 2.05) is 0 Å². The van der Waals surface area contributed by atoms with Crippen LogP contribution in [-0.4, -0.2) is 18.1 Å². The lowest BCUT2D eigenvalue weighted by molar-refractivity contribution is -0.160. The molecule has 1 amide bonds. The summed E-state index contributed by atoms with van der Waals surface area (Å²) in [7, 11) is 0. The standard InChI is InChI=1S/C11H13F3N2O/c1-7(10(15)17)16-9(11(12,13)14)8-5-3-2-4-6-8/h2-7,9,16H,1H3,(H2,15,17)/t7-,9+/m1/s1. The molecule has 0 aliphatic rings. The van der Waals surface area contributed by atoms with Crippen LogP contribution in [-0.2, 0) is 4.79 Å². The summed E-state index contributed by atoms with van der Waals surface area (Å²) in [6.45, 7) is 1.30. The molecule has 3 nitrogen and oxygen atoms in total. The Morgan fingerprint density at radius 1 is 1.29 bits per heavy atom. The van der Waals surface area contributed by atoms with Crippen LogP contribution in [0.3, 0.4) is 0 Å². The highest BCUT2D eigenvalue weighted by molar-refractivity contribution is 5.79. The second kappa shape index (κ2) is 5.18. The number of nitrogens with one attached hydrogen (secondary N) is 1. The Bertz CT molecular complexity index is 378. The third-order valence-electron chi connectivity index (χ3n) is 2.30. The summed E-state index contributed by atoms with van der Waals surface area (Å²) < 4.78 is 38.4. The largest absolute Gasteiger partial charge is 0.407 e. The third-order valence-corrected chi connectivity index (χ3v) is 2.30. The first-order chi connectivity index (χ1) is 7.82. The van der Waals surface area contributed by atoms with Gasteiger partial charge in [0, 0.05) is 0 Å². The maximum absolute atomic E-state index is 12.8. The van der Waals surface area contributed by atoms with Crippen LogP contribution in [0, 0.1) is 0 Å². The monoisotopic (exact) mass is 246 g/mol. The summed E-state index contributed by atoms with van der Waals surface area (Å²) in [5.74, 6) is -0.824. The van der Waals surface area contributed by atoms with E-state index in [4.69, 9.17) is 5.73 Å². The summed E-state index contributed by atoms with van der Waals surface area (Å²) >= 11 is 0. The molecule has 0 unspecified atom stereocenters. The zero-order chi connectivity index (χ0) is 13.1. The average molecular weight is 246 g/mol. The number of primary amides is 1. The summed E-state index contributed by atoms with van der Waals surface area (Å²) in [5, 5.41) is 2.17. The molecule has 0 radical (unpaired) electrons. The number of rotatable bonds is 4. The molecule has 94 valence electrons. The van der Waals surface area contributed by atoms with Crippen LogP contribution in [0.4, 0.5) is 13.2 Å². The fraction of sp³-hybridized carbons (Fsp3) is 0.364. The van der Waals surface area contributed by atoms with E-state index in [1.54, 1.807) is 6.07 Å². The minimum Gasteiger partial charge on any atom is -0.368 e. The number of amides is 1. The lowest BCUT2D eigenvalue weighted by Crippen LogP contribution is -2.45. The Kier molecular flexibility index (Phi) is 4.11. The molecule has 0 aromatic heterocycles. The van der Waals surface area contributed by atoms with Crippen LogP contribution < -0.4 is 11.1 Å². The number of hydrogen-bond acceptors (Lipinski definition) is 2. The molecule has 1 aromatic rings. The van der Waals surface area contributed by atoms with E-state index < -0.39 is 24.2 Å². The van der Waals surface area contributed by atoms with Gasteiger partial charge in [0.1, 0.15) is 6.04 Å². The Hall–Kier alpha value is -1.56. The zero-order valence-electron chi connectivity index (χ0n) is 9.16. The molecule has 0 fully saturated rings. The van der Waals surface area contributed by atoms with Gasteiger partial charge in [-0.25, -0.2) is 0 Å². The second-order valence-electron chi connectivity index (χ2n) is 3.68. The molecule has 1 aromatic carbocycles. The average Bonchev–Trinajstić information content (AvgIpc) is 2.25. The molecule has 0 saturated carbocycles. The van der Waals surface area contributed by atoms with Gasteiger partial charge < -0.3 is 5.73 Å². The summed E-state index contributed by atoms with van der Waals surface area (Å²) in [6, 6.07) is 4.37. The number of hydrogen-bond donors (Lipinski definition) is 2. The molecule has 17 heavy (non-hydrogen) atoms. The van der Waals surface area contributed by atoms with Gasteiger partial charge >= 0.3 is 6.18 Å². The topological polar surface area (TPSA) is 55.1 Å². The molecule has 0 heterocycles. The number of nitrogens with two attached hydrogens (primary N) is 1. The van der Waals surface area contributed by atoms with Gasteiger partial charge in [-0.15, -0.1) is 0 Å². The molecule has 0 aliphatic heterocycles.